The molecule has 0 bridgehead atoms. The van der Waals surface area contributed by atoms with Gasteiger partial charge < -0.3 is 10.1 Å². The molecule has 0 spiro atoms. The van der Waals surface area contributed by atoms with Crippen LogP contribution in [0.2, 0.25) is 0 Å². The van der Waals surface area contributed by atoms with E-state index >= 15 is 0 Å². The van der Waals surface area contributed by atoms with Crippen molar-refractivity contribution in [3.63, 3.8) is 0 Å². The number of benzene rings is 2. The van der Waals surface area contributed by atoms with Crippen molar-refractivity contribution >= 4 is 22.5 Å². The maximum Gasteiger partial charge on any atom is 0.261 e. The summed E-state index contributed by atoms with van der Waals surface area (Å²) < 4.78 is 21.2. The quantitative estimate of drug-likeness (QED) is 0.519. The summed E-state index contributed by atoms with van der Waals surface area (Å²) in [5.74, 6) is -0.390. The number of rotatable bonds is 5. The van der Waals surface area contributed by atoms with Crippen LogP contribution >= 0.6 is 0 Å². The van der Waals surface area contributed by atoms with E-state index in [1.807, 2.05) is 43.6 Å². The number of methoxy groups -OCH3 is 1. The van der Waals surface area contributed by atoms with Gasteiger partial charge in [0.1, 0.15) is 17.8 Å². The zero-order valence-electron chi connectivity index (χ0n) is 17.7. The first-order valence-electron chi connectivity index (χ1n) is 9.70. The van der Waals surface area contributed by atoms with Crippen molar-refractivity contribution in [2.75, 3.05) is 12.4 Å². The molecular weight excluding hydrogens is 397 g/mol. The predicted octanol–water partition coefficient (Wildman–Crippen LogP) is 4.39. The number of ether oxygens (including phenoxy) is 1. The zero-order chi connectivity index (χ0) is 22.2. The first-order chi connectivity index (χ1) is 14.8. The Morgan fingerprint density at radius 1 is 1.13 bits per heavy atom. The Balaban J connectivity index is 1.91. The Hall–Kier alpha value is -3.81. The molecule has 4 aromatic rings. The summed E-state index contributed by atoms with van der Waals surface area (Å²) in [6, 6.07) is 13.2. The van der Waals surface area contributed by atoms with Crippen molar-refractivity contribution in [2.24, 2.45) is 7.05 Å². The highest BCUT2D eigenvalue weighted by Crippen LogP contribution is 2.37. The molecule has 0 aliphatic heterocycles. The van der Waals surface area contributed by atoms with Crippen LogP contribution in [0, 0.1) is 0 Å². The van der Waals surface area contributed by atoms with Crippen LogP contribution in [0.3, 0.4) is 0 Å². The average molecular weight is 419 g/mol. The van der Waals surface area contributed by atoms with Crippen molar-refractivity contribution in [3.8, 4) is 28.3 Å². The highest BCUT2D eigenvalue weighted by Gasteiger charge is 2.28. The maximum atomic E-state index is 14.1. The lowest BCUT2D eigenvalue weighted by Crippen LogP contribution is -2.32. The minimum atomic E-state index is -2.04. The van der Waals surface area contributed by atoms with Gasteiger partial charge in [0.15, 0.2) is 5.67 Å². The van der Waals surface area contributed by atoms with E-state index in [2.05, 4.69) is 20.4 Å². The van der Waals surface area contributed by atoms with Crippen LogP contribution in [0.15, 0.2) is 55.0 Å². The van der Waals surface area contributed by atoms with E-state index in [0.717, 1.165) is 16.8 Å². The van der Waals surface area contributed by atoms with Crippen LogP contribution in [-0.4, -0.2) is 38.4 Å². The van der Waals surface area contributed by atoms with Gasteiger partial charge in [0, 0.05) is 35.8 Å². The number of fused-ring (bicyclic) bond motifs is 1. The number of carbonyl (C=O) groups excluding carboxylic acids is 1. The lowest BCUT2D eigenvalue weighted by Gasteiger charge is -2.17. The van der Waals surface area contributed by atoms with Crippen molar-refractivity contribution < 1.29 is 13.9 Å². The smallest absolute Gasteiger partial charge is 0.261 e. The number of hydrogen-bond acceptors (Lipinski definition) is 5. The van der Waals surface area contributed by atoms with E-state index in [4.69, 9.17) is 4.74 Å². The lowest BCUT2D eigenvalue weighted by molar-refractivity contribution is -0.125. The summed E-state index contributed by atoms with van der Waals surface area (Å²) in [4.78, 5) is 21.1. The molecule has 0 fully saturated rings. The summed E-state index contributed by atoms with van der Waals surface area (Å²) in [5, 5.41) is 7.90. The largest absolute Gasteiger partial charge is 0.494 e. The molecule has 0 saturated heterocycles. The predicted molar refractivity (Wildman–Crippen MR) is 118 cm³/mol. The van der Waals surface area contributed by atoms with Gasteiger partial charge in [-0.1, -0.05) is 30.3 Å². The molecule has 0 saturated carbocycles. The Morgan fingerprint density at radius 3 is 2.55 bits per heavy atom. The van der Waals surface area contributed by atoms with Gasteiger partial charge in [-0.15, -0.1) is 0 Å². The molecule has 2 heterocycles. The van der Waals surface area contributed by atoms with Gasteiger partial charge in [-0.25, -0.2) is 14.4 Å². The van der Waals surface area contributed by atoms with Crippen LogP contribution in [0.25, 0.3) is 33.4 Å². The highest BCUT2D eigenvalue weighted by atomic mass is 19.1. The van der Waals surface area contributed by atoms with E-state index in [0.29, 0.717) is 28.0 Å². The number of alkyl halides is 1. The maximum absolute atomic E-state index is 14.1. The minimum Gasteiger partial charge on any atom is -0.494 e. The third kappa shape index (κ3) is 3.96. The topological polar surface area (TPSA) is 81.9 Å². The fourth-order valence-electron chi connectivity index (χ4n) is 3.31. The number of aryl methyl sites for hydroxylation is 1. The third-order valence-corrected chi connectivity index (χ3v) is 4.88. The van der Waals surface area contributed by atoms with Gasteiger partial charge in [0.25, 0.3) is 5.91 Å². The molecular formula is C23H22FN5O2. The molecule has 31 heavy (non-hydrogen) atoms. The van der Waals surface area contributed by atoms with E-state index in [1.54, 1.807) is 16.8 Å². The third-order valence-electron chi connectivity index (χ3n) is 4.88. The van der Waals surface area contributed by atoms with E-state index in [9.17, 15) is 9.18 Å². The minimum absolute atomic E-state index is 0.340. The molecule has 4 rings (SSSR count). The second-order valence-corrected chi connectivity index (χ2v) is 7.65. The number of nitrogens with one attached hydrogen (secondary N) is 1. The average Bonchev–Trinajstić information content (AvgIpc) is 3.14. The second-order valence-electron chi connectivity index (χ2n) is 7.65. The molecule has 7 nitrogen and oxygen atoms in total. The molecule has 0 aliphatic rings. The summed E-state index contributed by atoms with van der Waals surface area (Å²) in [5.41, 5.74) is 2.11. The number of amides is 1. The summed E-state index contributed by atoms with van der Waals surface area (Å²) in [6.07, 6.45) is 3.36. The molecule has 8 heteroatoms. The lowest BCUT2D eigenvalue weighted by atomic mass is 10.0. The van der Waals surface area contributed by atoms with Gasteiger partial charge in [-0.2, -0.15) is 5.10 Å². The van der Waals surface area contributed by atoms with E-state index < -0.39 is 11.6 Å². The molecule has 2 aromatic carbocycles. The number of anilines is 1. The van der Waals surface area contributed by atoms with Gasteiger partial charge in [-0.3, -0.25) is 9.48 Å². The summed E-state index contributed by atoms with van der Waals surface area (Å²) in [6.45, 7) is 2.40. The molecule has 0 unspecified atom stereocenters. The van der Waals surface area contributed by atoms with Gasteiger partial charge in [-0.05, 0) is 19.9 Å². The summed E-state index contributed by atoms with van der Waals surface area (Å²) in [7, 11) is 3.32. The first kappa shape index (κ1) is 20.5. The van der Waals surface area contributed by atoms with Crippen molar-refractivity contribution in [3.05, 3.63) is 55.0 Å². The SMILES string of the molecule is COc1cc2ncnc(-c3cn(C)nc3-c3ccccc3)c2cc1NC(=O)C(C)(C)F. The standard InChI is InChI=1S/C23H22FN5O2/c1-23(2,24)22(30)27-18-10-15-17(11-19(18)31-4)25-13-26-21(15)16-12-29(3)28-20(16)14-8-6-5-7-9-14/h5-13H,1-4H3,(H,27,30). The summed E-state index contributed by atoms with van der Waals surface area (Å²) >= 11 is 0. The number of aromatic nitrogens is 4. The van der Waals surface area contributed by atoms with E-state index in [-0.39, 0.29) is 0 Å². The van der Waals surface area contributed by atoms with Crippen LogP contribution in [0.5, 0.6) is 5.75 Å². The Labute approximate surface area is 178 Å². The Morgan fingerprint density at radius 2 is 1.87 bits per heavy atom. The fourth-order valence-corrected chi connectivity index (χ4v) is 3.31. The van der Waals surface area contributed by atoms with Crippen LogP contribution in [0.1, 0.15) is 13.8 Å². The normalized spacial score (nSPS) is 11.5. The monoisotopic (exact) mass is 419 g/mol. The molecule has 0 atom stereocenters. The molecule has 0 radical (unpaired) electrons. The Kier molecular flexibility index (Phi) is 5.14. The molecule has 1 amide bonds. The molecule has 158 valence electrons. The van der Waals surface area contributed by atoms with Gasteiger partial charge >= 0.3 is 0 Å². The number of hydrogen-bond donors (Lipinski definition) is 1. The zero-order valence-corrected chi connectivity index (χ0v) is 17.7. The van der Waals surface area contributed by atoms with Gasteiger partial charge in [0.2, 0.25) is 0 Å². The molecule has 2 aromatic heterocycles. The van der Waals surface area contributed by atoms with Crippen LogP contribution < -0.4 is 10.1 Å². The Bertz CT molecular complexity index is 1260. The fraction of sp³-hybridized carbons (Fsp3) is 0.217. The van der Waals surface area contributed by atoms with Crippen molar-refractivity contribution in [1.82, 2.24) is 19.7 Å². The van der Waals surface area contributed by atoms with Crippen molar-refractivity contribution in [2.45, 2.75) is 19.5 Å². The molecule has 0 aliphatic carbocycles. The number of carbonyl (C=O) groups is 1. The van der Waals surface area contributed by atoms with Crippen LogP contribution in [0.4, 0.5) is 10.1 Å². The van der Waals surface area contributed by atoms with Crippen molar-refractivity contribution in [1.29, 1.82) is 0 Å². The second kappa shape index (κ2) is 7.79. The number of halogens is 1. The molecule has 1 N–H and O–H groups in total. The highest BCUT2D eigenvalue weighted by molar-refractivity contribution is 6.03. The van der Waals surface area contributed by atoms with Crippen LogP contribution in [-0.2, 0) is 11.8 Å². The first-order valence-corrected chi connectivity index (χ1v) is 9.70. The van der Waals surface area contributed by atoms with Gasteiger partial charge in [0.05, 0.1) is 24.0 Å². The van der Waals surface area contributed by atoms with E-state index in [1.165, 1.54) is 27.3 Å². The number of nitrogens with zero attached hydrogens (tertiary/aromatic N) is 4.